The molecule has 53 heavy (non-hydrogen) atoms. The van der Waals surface area contributed by atoms with Crippen molar-refractivity contribution in [1.29, 1.82) is 0 Å². The zero-order chi connectivity index (χ0) is 35.9. The number of allylic oxidation sites excluding steroid dienone is 1. The van der Waals surface area contributed by atoms with Crippen LogP contribution in [0.15, 0.2) is 182 Å². The molecule has 0 saturated heterocycles. The SMILES string of the molecule is C=C1CC(CC)CCC12c1cc(C)ccc1-c1c(-c3ccc(N(c4ccc(-c5ccccc5)cc4)c4ccc(-c5ccccc5)cc4)cc3)cccc12. The summed E-state index contributed by atoms with van der Waals surface area (Å²) in [6.07, 6.45) is 4.71. The molecule has 0 amide bonds. The van der Waals surface area contributed by atoms with Crippen LogP contribution in [-0.2, 0) is 5.41 Å². The van der Waals surface area contributed by atoms with Crippen molar-refractivity contribution in [1.82, 2.24) is 0 Å². The summed E-state index contributed by atoms with van der Waals surface area (Å²) >= 11 is 0. The summed E-state index contributed by atoms with van der Waals surface area (Å²) in [5, 5.41) is 0. The highest BCUT2D eigenvalue weighted by Crippen LogP contribution is 2.60. The van der Waals surface area contributed by atoms with Crippen LogP contribution in [0.2, 0.25) is 0 Å². The molecule has 0 bridgehead atoms. The van der Waals surface area contributed by atoms with Gasteiger partial charge in [-0.1, -0.05) is 165 Å². The number of rotatable bonds is 7. The van der Waals surface area contributed by atoms with E-state index in [4.69, 9.17) is 6.58 Å². The van der Waals surface area contributed by atoms with Crippen LogP contribution in [-0.4, -0.2) is 0 Å². The molecule has 2 unspecified atom stereocenters. The molecule has 0 aromatic heterocycles. The molecule has 0 radical (unpaired) electrons. The monoisotopic (exact) mass is 683 g/mol. The van der Waals surface area contributed by atoms with Crippen LogP contribution >= 0.6 is 0 Å². The van der Waals surface area contributed by atoms with Crippen LogP contribution in [0.5, 0.6) is 0 Å². The van der Waals surface area contributed by atoms with E-state index in [1.807, 2.05) is 0 Å². The van der Waals surface area contributed by atoms with E-state index in [1.54, 1.807) is 0 Å². The van der Waals surface area contributed by atoms with Crippen LogP contribution in [0.1, 0.15) is 49.3 Å². The number of benzene rings is 7. The summed E-state index contributed by atoms with van der Waals surface area (Å²) in [6.45, 7) is 9.37. The highest BCUT2D eigenvalue weighted by Gasteiger charge is 2.48. The Bertz CT molecular complexity index is 2320. The molecule has 2 atom stereocenters. The van der Waals surface area contributed by atoms with Crippen molar-refractivity contribution in [2.24, 2.45) is 5.92 Å². The maximum Gasteiger partial charge on any atom is 0.0462 e. The van der Waals surface area contributed by atoms with Gasteiger partial charge in [0.2, 0.25) is 0 Å². The van der Waals surface area contributed by atoms with Crippen molar-refractivity contribution >= 4 is 17.1 Å². The van der Waals surface area contributed by atoms with Gasteiger partial charge in [-0.05, 0) is 124 Å². The van der Waals surface area contributed by atoms with Gasteiger partial charge in [0.05, 0.1) is 0 Å². The first-order valence-electron chi connectivity index (χ1n) is 19.2. The fourth-order valence-corrected chi connectivity index (χ4v) is 9.14. The molecular formula is C52H45N. The fraction of sp³-hybridized carbons (Fsp3) is 0.154. The van der Waals surface area contributed by atoms with E-state index in [1.165, 1.54) is 79.6 Å². The number of hydrogen-bond acceptors (Lipinski definition) is 1. The largest absolute Gasteiger partial charge is 0.311 e. The molecule has 7 aromatic carbocycles. The fourth-order valence-electron chi connectivity index (χ4n) is 9.14. The number of hydrogen-bond donors (Lipinski definition) is 0. The van der Waals surface area contributed by atoms with E-state index in [2.05, 4.69) is 189 Å². The molecule has 9 rings (SSSR count). The highest BCUT2D eigenvalue weighted by atomic mass is 15.1. The molecule has 0 heterocycles. The molecule has 1 fully saturated rings. The highest BCUT2D eigenvalue weighted by molar-refractivity contribution is 5.94. The third kappa shape index (κ3) is 5.72. The normalized spacial score (nSPS) is 17.4. The zero-order valence-electron chi connectivity index (χ0n) is 30.7. The van der Waals surface area contributed by atoms with Crippen LogP contribution in [0, 0.1) is 12.8 Å². The van der Waals surface area contributed by atoms with Gasteiger partial charge in [-0.15, -0.1) is 0 Å². The van der Waals surface area contributed by atoms with Crippen molar-refractivity contribution in [3.63, 3.8) is 0 Å². The second-order valence-corrected chi connectivity index (χ2v) is 15.0. The third-order valence-corrected chi connectivity index (χ3v) is 12.0. The number of nitrogens with zero attached hydrogens (tertiary/aromatic N) is 1. The van der Waals surface area contributed by atoms with Crippen LogP contribution in [0.25, 0.3) is 44.5 Å². The van der Waals surface area contributed by atoms with Gasteiger partial charge in [0.25, 0.3) is 0 Å². The maximum absolute atomic E-state index is 4.81. The smallest absolute Gasteiger partial charge is 0.0462 e. The van der Waals surface area contributed by atoms with Gasteiger partial charge < -0.3 is 4.90 Å². The molecule has 0 N–H and O–H groups in total. The van der Waals surface area contributed by atoms with Crippen LogP contribution < -0.4 is 4.90 Å². The second kappa shape index (κ2) is 13.6. The van der Waals surface area contributed by atoms with Gasteiger partial charge >= 0.3 is 0 Å². The molecule has 0 aliphatic heterocycles. The lowest BCUT2D eigenvalue weighted by molar-refractivity contribution is 0.338. The molecule has 7 aromatic rings. The van der Waals surface area contributed by atoms with Gasteiger partial charge in [-0.25, -0.2) is 0 Å². The summed E-state index contributed by atoms with van der Waals surface area (Å²) < 4.78 is 0. The summed E-state index contributed by atoms with van der Waals surface area (Å²) in [7, 11) is 0. The molecule has 1 saturated carbocycles. The van der Waals surface area contributed by atoms with Gasteiger partial charge in [0.1, 0.15) is 0 Å². The predicted molar refractivity (Wildman–Crippen MR) is 225 cm³/mol. The van der Waals surface area contributed by atoms with Gasteiger partial charge in [0, 0.05) is 22.5 Å². The van der Waals surface area contributed by atoms with Gasteiger partial charge in [0.15, 0.2) is 0 Å². The Morgan fingerprint density at radius 1 is 0.547 bits per heavy atom. The van der Waals surface area contributed by atoms with Crippen molar-refractivity contribution in [2.75, 3.05) is 4.90 Å². The van der Waals surface area contributed by atoms with Crippen molar-refractivity contribution < 1.29 is 0 Å². The summed E-state index contributed by atoms with van der Waals surface area (Å²) in [5.74, 6) is 0.730. The van der Waals surface area contributed by atoms with Gasteiger partial charge in [-0.3, -0.25) is 0 Å². The standard InChI is InChI=1S/C52H45N/c1-4-38-32-33-52(37(3)35-38)49-17-11-16-47(51(49)48-31-18-36(2)34-50(48)52)43-23-29-46(30-24-43)53(44-25-19-41(20-26-44)39-12-7-5-8-13-39)45-27-21-42(22-28-45)40-14-9-6-10-15-40/h5-31,34,38H,3-4,32-33,35H2,1-2H3. The van der Waals surface area contributed by atoms with Crippen LogP contribution in [0.3, 0.4) is 0 Å². The van der Waals surface area contributed by atoms with E-state index < -0.39 is 0 Å². The zero-order valence-corrected chi connectivity index (χ0v) is 30.7. The quantitative estimate of drug-likeness (QED) is 0.151. The first-order valence-corrected chi connectivity index (χ1v) is 19.2. The Balaban J connectivity index is 1.12. The molecule has 258 valence electrons. The summed E-state index contributed by atoms with van der Waals surface area (Å²) in [6, 6.07) is 62.4. The van der Waals surface area contributed by atoms with Crippen molar-refractivity contribution in [3.05, 3.63) is 199 Å². The second-order valence-electron chi connectivity index (χ2n) is 15.0. The molecule has 1 heteroatoms. The van der Waals surface area contributed by atoms with E-state index in [9.17, 15) is 0 Å². The third-order valence-electron chi connectivity index (χ3n) is 12.0. The summed E-state index contributed by atoms with van der Waals surface area (Å²) in [5.41, 5.74) is 19.0. The number of fused-ring (bicyclic) bond motifs is 5. The molecule has 2 aliphatic rings. The van der Waals surface area contributed by atoms with Gasteiger partial charge in [-0.2, -0.15) is 0 Å². The van der Waals surface area contributed by atoms with E-state index in [0.29, 0.717) is 0 Å². The Kier molecular flexibility index (Phi) is 8.43. The van der Waals surface area contributed by atoms with E-state index in [0.717, 1.165) is 35.8 Å². The first-order chi connectivity index (χ1) is 26.0. The van der Waals surface area contributed by atoms with Crippen molar-refractivity contribution in [3.8, 4) is 44.5 Å². The maximum atomic E-state index is 4.81. The molecule has 1 spiro atoms. The van der Waals surface area contributed by atoms with Crippen molar-refractivity contribution in [2.45, 2.75) is 44.9 Å². The van der Waals surface area contributed by atoms with E-state index >= 15 is 0 Å². The minimum absolute atomic E-state index is 0.104. The lowest BCUT2D eigenvalue weighted by Gasteiger charge is -2.41. The average Bonchev–Trinajstić information content (AvgIpc) is 3.50. The predicted octanol–water partition coefficient (Wildman–Crippen LogP) is 14.5. The van der Waals surface area contributed by atoms with Crippen LogP contribution in [0.4, 0.5) is 17.1 Å². The Morgan fingerprint density at radius 3 is 1.60 bits per heavy atom. The summed E-state index contributed by atoms with van der Waals surface area (Å²) in [4.78, 5) is 2.37. The minimum Gasteiger partial charge on any atom is -0.311 e. The Hall–Kier alpha value is -5.92. The number of aryl methyl sites for hydroxylation is 1. The Morgan fingerprint density at radius 2 is 1.08 bits per heavy atom. The molecule has 2 aliphatic carbocycles. The Labute approximate surface area is 314 Å². The first kappa shape index (κ1) is 33.0. The topological polar surface area (TPSA) is 3.24 Å². The van der Waals surface area contributed by atoms with E-state index in [-0.39, 0.29) is 5.41 Å². The average molecular weight is 684 g/mol. The number of anilines is 3. The minimum atomic E-state index is -0.104. The molecular weight excluding hydrogens is 639 g/mol. The lowest BCUT2D eigenvalue weighted by atomic mass is 9.62. The lowest BCUT2D eigenvalue weighted by Crippen LogP contribution is -2.33. The molecule has 1 nitrogen and oxygen atoms in total.